The quantitative estimate of drug-likeness (QED) is 0.839. The third kappa shape index (κ3) is 3.05. The Bertz CT molecular complexity index is 550. The van der Waals surface area contributed by atoms with E-state index in [1.165, 1.54) is 6.42 Å². The summed E-state index contributed by atoms with van der Waals surface area (Å²) in [5.41, 5.74) is 6.84. The van der Waals surface area contributed by atoms with Gasteiger partial charge in [-0.2, -0.15) is 11.8 Å². The molecule has 0 bridgehead atoms. The molecule has 1 fully saturated rings. The van der Waals surface area contributed by atoms with Crippen molar-refractivity contribution in [1.29, 1.82) is 0 Å². The number of thioether (sulfide) groups is 1. The van der Waals surface area contributed by atoms with Gasteiger partial charge in [0.15, 0.2) is 11.5 Å². The van der Waals surface area contributed by atoms with E-state index in [2.05, 4.69) is 11.6 Å². The monoisotopic (exact) mass is 308 g/mol. The van der Waals surface area contributed by atoms with Gasteiger partial charge in [-0.05, 0) is 31.6 Å². The van der Waals surface area contributed by atoms with Crippen molar-refractivity contribution in [3.05, 3.63) is 17.7 Å². The number of rotatable bonds is 3. The number of hydrogen-bond donors (Lipinski definition) is 2. The molecule has 1 aliphatic carbocycles. The van der Waals surface area contributed by atoms with Crippen LogP contribution in [0.15, 0.2) is 12.1 Å². The van der Waals surface area contributed by atoms with Crippen molar-refractivity contribution in [2.24, 2.45) is 0 Å². The molecule has 3 rings (SSSR count). The third-order valence-corrected chi connectivity index (χ3v) is 5.18. The Labute approximate surface area is 128 Å². The molecule has 1 amide bonds. The van der Waals surface area contributed by atoms with Crippen molar-refractivity contribution >= 4 is 23.4 Å². The number of ether oxygens (including phenoxy) is 2. The molecule has 21 heavy (non-hydrogen) atoms. The molecule has 1 heterocycles. The maximum absolute atomic E-state index is 12.4. The molecule has 0 spiro atoms. The molecule has 0 aromatic heterocycles. The van der Waals surface area contributed by atoms with Crippen molar-refractivity contribution < 1.29 is 14.3 Å². The third-order valence-electron chi connectivity index (χ3n) is 4.08. The summed E-state index contributed by atoms with van der Waals surface area (Å²) in [4.78, 5) is 12.4. The minimum atomic E-state index is -0.127. The predicted octanol–water partition coefficient (Wildman–Crippen LogP) is 2.40. The molecule has 2 aliphatic rings. The van der Waals surface area contributed by atoms with Crippen molar-refractivity contribution in [3.63, 3.8) is 0 Å². The van der Waals surface area contributed by atoms with Gasteiger partial charge < -0.3 is 20.5 Å². The number of fused-ring (bicyclic) bond motifs is 1. The number of nitrogen functional groups attached to an aromatic ring is 1. The van der Waals surface area contributed by atoms with Gasteiger partial charge in [-0.25, -0.2) is 0 Å². The summed E-state index contributed by atoms with van der Waals surface area (Å²) < 4.78 is 10.6. The van der Waals surface area contributed by atoms with Crippen LogP contribution >= 0.6 is 11.8 Å². The minimum absolute atomic E-state index is 0.127. The highest BCUT2D eigenvalue weighted by atomic mass is 32.2. The Kier molecular flexibility index (Phi) is 4.14. The van der Waals surface area contributed by atoms with Gasteiger partial charge in [0.05, 0.1) is 5.56 Å². The molecule has 6 heteroatoms. The lowest BCUT2D eigenvalue weighted by Gasteiger charge is -2.28. The Morgan fingerprint density at radius 3 is 2.86 bits per heavy atom. The van der Waals surface area contributed by atoms with Crippen LogP contribution in [0, 0.1) is 0 Å². The van der Waals surface area contributed by atoms with Crippen molar-refractivity contribution in [1.82, 2.24) is 5.32 Å². The zero-order valence-corrected chi connectivity index (χ0v) is 12.9. The van der Waals surface area contributed by atoms with E-state index in [9.17, 15) is 4.79 Å². The van der Waals surface area contributed by atoms with E-state index in [-0.39, 0.29) is 18.7 Å². The maximum atomic E-state index is 12.4. The van der Waals surface area contributed by atoms with Gasteiger partial charge in [-0.15, -0.1) is 0 Å². The van der Waals surface area contributed by atoms with Crippen LogP contribution < -0.4 is 20.5 Å². The molecule has 114 valence electrons. The highest BCUT2D eigenvalue weighted by molar-refractivity contribution is 7.99. The smallest absolute Gasteiger partial charge is 0.253 e. The maximum Gasteiger partial charge on any atom is 0.253 e. The molecule has 1 aromatic rings. The van der Waals surface area contributed by atoms with Gasteiger partial charge in [0, 0.05) is 23.0 Å². The van der Waals surface area contributed by atoms with Crippen LogP contribution in [0.1, 0.15) is 36.0 Å². The van der Waals surface area contributed by atoms with Crippen molar-refractivity contribution in [2.75, 3.05) is 18.8 Å². The number of nitrogens with two attached hydrogens (primary N) is 1. The fourth-order valence-electron chi connectivity index (χ4n) is 2.91. The first-order valence-electron chi connectivity index (χ1n) is 7.20. The Morgan fingerprint density at radius 2 is 2.10 bits per heavy atom. The molecule has 3 N–H and O–H groups in total. The average molecular weight is 308 g/mol. The van der Waals surface area contributed by atoms with Crippen molar-refractivity contribution in [3.8, 4) is 11.5 Å². The van der Waals surface area contributed by atoms with E-state index in [0.29, 0.717) is 28.0 Å². The van der Waals surface area contributed by atoms with Gasteiger partial charge >= 0.3 is 0 Å². The summed E-state index contributed by atoms with van der Waals surface area (Å²) in [6.45, 7) is 0.178. The first-order valence-corrected chi connectivity index (χ1v) is 8.49. The summed E-state index contributed by atoms with van der Waals surface area (Å²) in [5, 5.41) is 3.74. The van der Waals surface area contributed by atoms with Gasteiger partial charge in [0.2, 0.25) is 6.79 Å². The molecule has 0 radical (unpaired) electrons. The van der Waals surface area contributed by atoms with Crippen LogP contribution in [0.25, 0.3) is 0 Å². The van der Waals surface area contributed by atoms with E-state index >= 15 is 0 Å². The SMILES string of the molecule is CSC1CCCC(NC(=O)c2cc3c(cc2N)OCO3)C1. The second-order valence-corrected chi connectivity index (χ2v) is 6.63. The highest BCUT2D eigenvalue weighted by Crippen LogP contribution is 2.36. The first-order chi connectivity index (χ1) is 10.2. The fraction of sp³-hybridized carbons (Fsp3) is 0.533. The van der Waals surface area contributed by atoms with E-state index in [0.717, 1.165) is 19.3 Å². The lowest BCUT2D eigenvalue weighted by Crippen LogP contribution is -2.39. The van der Waals surface area contributed by atoms with E-state index < -0.39 is 0 Å². The average Bonchev–Trinajstić information content (AvgIpc) is 2.93. The number of nitrogens with one attached hydrogen (secondary N) is 1. The van der Waals surface area contributed by atoms with Crippen LogP contribution in [0.2, 0.25) is 0 Å². The molecular formula is C15H20N2O3S. The van der Waals surface area contributed by atoms with E-state index in [1.54, 1.807) is 12.1 Å². The van der Waals surface area contributed by atoms with Crippen LogP contribution in [0.5, 0.6) is 11.5 Å². The Balaban J connectivity index is 1.71. The second kappa shape index (κ2) is 6.05. The fourth-order valence-corrected chi connectivity index (χ4v) is 3.73. The lowest BCUT2D eigenvalue weighted by atomic mass is 9.94. The number of amides is 1. The molecular weight excluding hydrogens is 288 g/mol. The first kappa shape index (κ1) is 14.4. The minimum Gasteiger partial charge on any atom is -0.454 e. The number of carbonyl (C=O) groups is 1. The molecule has 5 nitrogen and oxygen atoms in total. The number of anilines is 1. The topological polar surface area (TPSA) is 73.6 Å². The summed E-state index contributed by atoms with van der Waals surface area (Å²) in [5.74, 6) is 1.06. The summed E-state index contributed by atoms with van der Waals surface area (Å²) in [6.07, 6.45) is 6.59. The molecule has 1 aromatic carbocycles. The molecule has 1 aliphatic heterocycles. The summed E-state index contributed by atoms with van der Waals surface area (Å²) in [6, 6.07) is 3.55. The van der Waals surface area contributed by atoms with E-state index in [1.807, 2.05) is 11.8 Å². The largest absolute Gasteiger partial charge is 0.454 e. The second-order valence-electron chi connectivity index (χ2n) is 5.49. The predicted molar refractivity (Wildman–Crippen MR) is 84.0 cm³/mol. The van der Waals surface area contributed by atoms with Crippen LogP contribution in [-0.2, 0) is 0 Å². The zero-order valence-electron chi connectivity index (χ0n) is 12.1. The van der Waals surface area contributed by atoms with E-state index in [4.69, 9.17) is 15.2 Å². The van der Waals surface area contributed by atoms with Crippen LogP contribution in [-0.4, -0.2) is 30.2 Å². The number of hydrogen-bond acceptors (Lipinski definition) is 5. The number of benzene rings is 1. The normalized spacial score (nSPS) is 23.9. The summed E-state index contributed by atoms with van der Waals surface area (Å²) in [7, 11) is 0. The Hall–Kier alpha value is -1.56. The number of carbonyl (C=O) groups excluding carboxylic acids is 1. The van der Waals surface area contributed by atoms with Gasteiger partial charge in [-0.3, -0.25) is 4.79 Å². The lowest BCUT2D eigenvalue weighted by molar-refractivity contribution is 0.0929. The van der Waals surface area contributed by atoms with Gasteiger partial charge in [0.25, 0.3) is 5.91 Å². The van der Waals surface area contributed by atoms with Crippen LogP contribution in [0.3, 0.4) is 0 Å². The van der Waals surface area contributed by atoms with Gasteiger partial charge in [0.1, 0.15) is 0 Å². The highest BCUT2D eigenvalue weighted by Gasteiger charge is 2.25. The standard InChI is InChI=1S/C15H20N2O3S/c1-21-10-4-2-3-9(5-10)17-15(18)11-6-13-14(7-12(11)16)20-8-19-13/h6-7,9-10H,2-5,8,16H2,1H3,(H,17,18). The molecule has 0 saturated heterocycles. The molecule has 1 saturated carbocycles. The molecule has 2 atom stereocenters. The van der Waals surface area contributed by atoms with Crippen LogP contribution in [0.4, 0.5) is 5.69 Å². The van der Waals surface area contributed by atoms with Crippen molar-refractivity contribution in [2.45, 2.75) is 37.0 Å². The molecule has 2 unspecified atom stereocenters. The zero-order chi connectivity index (χ0) is 14.8. The Morgan fingerprint density at radius 1 is 1.33 bits per heavy atom. The summed E-state index contributed by atoms with van der Waals surface area (Å²) >= 11 is 1.88. The van der Waals surface area contributed by atoms with Gasteiger partial charge in [-0.1, -0.05) is 6.42 Å².